The van der Waals surface area contributed by atoms with E-state index in [1.54, 1.807) is 35.9 Å². The molecule has 0 aliphatic carbocycles. The molecule has 9 nitrogen and oxygen atoms in total. The molecule has 1 aromatic carbocycles. The third-order valence-corrected chi connectivity index (χ3v) is 7.82. The number of carbonyl (C=O) groups excluding carboxylic acids is 2. The zero-order valence-corrected chi connectivity index (χ0v) is 22.3. The molecule has 0 spiro atoms. The number of thiophene rings is 1. The number of nitrogens with zero attached hydrogens (tertiary/aromatic N) is 5. The summed E-state index contributed by atoms with van der Waals surface area (Å²) in [5.74, 6) is 0.388. The Morgan fingerprint density at radius 2 is 2.03 bits per heavy atom. The molecule has 0 saturated carbocycles. The SMILES string of the molecule is COc1cc2c(cc1C(=O)Nc1nncs1)-c1c(-c3cccs3)nc(C(=O)N(C)C(C)(C)C)n1CC2. The van der Waals surface area contributed by atoms with Crippen LogP contribution >= 0.6 is 22.7 Å². The number of aryl methyl sites for hydroxylation is 1. The van der Waals surface area contributed by atoms with Gasteiger partial charge < -0.3 is 14.2 Å². The molecular formula is C25H26N6O3S2. The standard InChI is InChI=1S/C25H26N6O3S2/c1-25(2,3)30(4)23(33)21-27-19(18-7-6-10-35-18)20-15-12-16(22(32)28-24-29-26-13-36-24)17(34-5)11-14(15)8-9-31(20)21/h6-7,10-13H,8-9H2,1-5H3,(H,28,29,32). The summed E-state index contributed by atoms with van der Waals surface area (Å²) in [6, 6.07) is 7.70. The number of ether oxygens (including phenoxy) is 1. The number of nitrogens with one attached hydrogen (secondary N) is 1. The lowest BCUT2D eigenvalue weighted by Gasteiger charge is -2.32. The maximum absolute atomic E-state index is 13.6. The second kappa shape index (κ2) is 9.14. The Hall–Kier alpha value is -3.57. The number of imidazole rings is 1. The van der Waals surface area contributed by atoms with Crippen LogP contribution in [0, 0.1) is 0 Å². The van der Waals surface area contributed by atoms with Crippen molar-refractivity contribution in [3.05, 3.63) is 52.1 Å². The average Bonchev–Trinajstić information content (AvgIpc) is 3.62. The van der Waals surface area contributed by atoms with E-state index in [2.05, 4.69) is 15.5 Å². The Labute approximate surface area is 216 Å². The number of fused-ring (bicyclic) bond motifs is 3. The van der Waals surface area contributed by atoms with E-state index >= 15 is 0 Å². The highest BCUT2D eigenvalue weighted by Crippen LogP contribution is 2.42. The quantitative estimate of drug-likeness (QED) is 0.403. The molecule has 0 saturated heterocycles. The van der Waals surface area contributed by atoms with Crippen LogP contribution in [0.1, 0.15) is 47.3 Å². The number of methoxy groups -OCH3 is 1. The van der Waals surface area contributed by atoms with Gasteiger partial charge in [0.25, 0.3) is 11.8 Å². The van der Waals surface area contributed by atoms with Crippen molar-refractivity contribution in [1.29, 1.82) is 0 Å². The zero-order valence-electron chi connectivity index (χ0n) is 20.7. The molecule has 0 radical (unpaired) electrons. The number of rotatable bonds is 5. The van der Waals surface area contributed by atoms with Gasteiger partial charge in [-0.3, -0.25) is 14.9 Å². The molecule has 4 aromatic rings. The lowest BCUT2D eigenvalue weighted by molar-refractivity contribution is 0.0637. The molecule has 3 aromatic heterocycles. The predicted molar refractivity (Wildman–Crippen MR) is 141 cm³/mol. The Bertz CT molecular complexity index is 1440. The van der Waals surface area contributed by atoms with E-state index in [0.717, 1.165) is 27.4 Å². The molecule has 2 amide bonds. The molecule has 0 fully saturated rings. The van der Waals surface area contributed by atoms with Crippen LogP contribution in [0.3, 0.4) is 0 Å². The molecule has 1 N–H and O–H groups in total. The van der Waals surface area contributed by atoms with Gasteiger partial charge in [-0.05, 0) is 56.3 Å². The Morgan fingerprint density at radius 3 is 2.67 bits per heavy atom. The van der Waals surface area contributed by atoms with E-state index in [-0.39, 0.29) is 17.4 Å². The van der Waals surface area contributed by atoms with E-state index in [1.165, 1.54) is 11.3 Å². The molecular weight excluding hydrogens is 496 g/mol. The van der Waals surface area contributed by atoms with Crippen molar-refractivity contribution < 1.29 is 14.3 Å². The lowest BCUT2D eigenvalue weighted by Crippen LogP contribution is -2.43. The summed E-state index contributed by atoms with van der Waals surface area (Å²) in [7, 11) is 3.35. The van der Waals surface area contributed by atoms with Crippen molar-refractivity contribution in [2.24, 2.45) is 0 Å². The highest BCUT2D eigenvalue weighted by molar-refractivity contribution is 7.13. The van der Waals surface area contributed by atoms with Gasteiger partial charge in [0.15, 0.2) is 5.82 Å². The summed E-state index contributed by atoms with van der Waals surface area (Å²) in [6.07, 6.45) is 0.677. The van der Waals surface area contributed by atoms with Crippen molar-refractivity contribution in [2.45, 2.75) is 39.3 Å². The first-order chi connectivity index (χ1) is 17.2. The summed E-state index contributed by atoms with van der Waals surface area (Å²) in [6.45, 7) is 6.58. The van der Waals surface area contributed by atoms with Crippen LogP contribution in [0.2, 0.25) is 0 Å². The van der Waals surface area contributed by atoms with Crippen molar-refractivity contribution in [3.63, 3.8) is 0 Å². The molecule has 36 heavy (non-hydrogen) atoms. The van der Waals surface area contributed by atoms with Crippen LogP contribution in [0.15, 0.2) is 35.2 Å². The normalized spacial score (nSPS) is 12.6. The molecule has 0 bridgehead atoms. The van der Waals surface area contributed by atoms with Gasteiger partial charge in [-0.25, -0.2) is 4.98 Å². The van der Waals surface area contributed by atoms with Gasteiger partial charge >= 0.3 is 0 Å². The smallest absolute Gasteiger partial charge is 0.290 e. The summed E-state index contributed by atoms with van der Waals surface area (Å²) in [5, 5.41) is 12.9. The Balaban J connectivity index is 1.68. The minimum absolute atomic E-state index is 0.141. The highest BCUT2D eigenvalue weighted by Gasteiger charge is 2.33. The molecule has 186 valence electrons. The van der Waals surface area contributed by atoms with Crippen molar-refractivity contribution >= 4 is 39.6 Å². The van der Waals surface area contributed by atoms with Crippen molar-refractivity contribution in [2.75, 3.05) is 19.5 Å². The third kappa shape index (κ3) is 4.18. The second-order valence-corrected chi connectivity index (χ2v) is 11.2. The maximum Gasteiger partial charge on any atom is 0.290 e. The number of hydrogen-bond acceptors (Lipinski definition) is 8. The van der Waals surface area contributed by atoms with E-state index in [9.17, 15) is 9.59 Å². The van der Waals surface area contributed by atoms with Crippen LogP contribution in [0.25, 0.3) is 21.8 Å². The van der Waals surface area contributed by atoms with E-state index in [0.29, 0.717) is 35.2 Å². The topological polar surface area (TPSA) is 102 Å². The number of hydrogen-bond donors (Lipinski definition) is 1. The third-order valence-electron chi connectivity index (χ3n) is 6.33. The fraction of sp³-hybridized carbons (Fsp3) is 0.320. The number of benzene rings is 1. The fourth-order valence-corrected chi connectivity index (χ4v) is 5.32. The lowest BCUT2D eigenvalue weighted by atomic mass is 9.93. The maximum atomic E-state index is 13.6. The molecule has 1 aliphatic rings. The van der Waals surface area contributed by atoms with Crippen LogP contribution in [0.4, 0.5) is 5.13 Å². The fourth-order valence-electron chi connectivity index (χ4n) is 4.17. The minimum Gasteiger partial charge on any atom is -0.496 e. The van der Waals surface area contributed by atoms with Crippen LogP contribution < -0.4 is 10.1 Å². The first-order valence-electron chi connectivity index (χ1n) is 11.4. The summed E-state index contributed by atoms with van der Waals surface area (Å²) in [4.78, 5) is 34.3. The average molecular weight is 523 g/mol. The van der Waals surface area contributed by atoms with Gasteiger partial charge in [-0.15, -0.1) is 21.5 Å². The molecule has 0 unspecified atom stereocenters. The minimum atomic E-state index is -0.359. The monoisotopic (exact) mass is 522 g/mol. The molecule has 5 rings (SSSR count). The van der Waals surface area contributed by atoms with Gasteiger partial charge in [-0.1, -0.05) is 17.4 Å². The van der Waals surface area contributed by atoms with Gasteiger partial charge in [-0.2, -0.15) is 0 Å². The Kier molecular flexibility index (Phi) is 6.13. The van der Waals surface area contributed by atoms with Gasteiger partial charge in [0, 0.05) is 24.7 Å². The second-order valence-electron chi connectivity index (χ2n) is 9.45. The predicted octanol–water partition coefficient (Wildman–Crippen LogP) is 4.82. The first kappa shape index (κ1) is 24.1. The van der Waals surface area contributed by atoms with E-state index in [1.807, 2.05) is 55.0 Å². The first-order valence-corrected chi connectivity index (χ1v) is 13.2. The van der Waals surface area contributed by atoms with Crippen LogP contribution in [-0.4, -0.2) is 56.2 Å². The molecule has 11 heteroatoms. The number of aromatic nitrogens is 4. The van der Waals surface area contributed by atoms with Crippen LogP contribution in [-0.2, 0) is 13.0 Å². The molecule has 4 heterocycles. The summed E-state index contributed by atoms with van der Waals surface area (Å²) in [5.41, 5.74) is 5.03. The summed E-state index contributed by atoms with van der Waals surface area (Å²) < 4.78 is 7.57. The highest BCUT2D eigenvalue weighted by atomic mass is 32.1. The Morgan fingerprint density at radius 1 is 1.22 bits per heavy atom. The van der Waals surface area contributed by atoms with E-state index < -0.39 is 0 Å². The van der Waals surface area contributed by atoms with Crippen molar-refractivity contribution in [1.82, 2.24) is 24.6 Å². The van der Waals surface area contributed by atoms with Gasteiger partial charge in [0.2, 0.25) is 5.13 Å². The van der Waals surface area contributed by atoms with Crippen LogP contribution in [0.5, 0.6) is 5.75 Å². The van der Waals surface area contributed by atoms with Crippen molar-refractivity contribution in [3.8, 4) is 27.6 Å². The zero-order chi connectivity index (χ0) is 25.6. The van der Waals surface area contributed by atoms with Gasteiger partial charge in [0.1, 0.15) is 17.0 Å². The number of anilines is 1. The largest absolute Gasteiger partial charge is 0.496 e. The molecule has 1 aliphatic heterocycles. The number of amides is 2. The molecule has 0 atom stereocenters. The number of carbonyl (C=O) groups is 2. The van der Waals surface area contributed by atoms with E-state index in [4.69, 9.17) is 9.72 Å². The summed E-state index contributed by atoms with van der Waals surface area (Å²) >= 11 is 2.80. The van der Waals surface area contributed by atoms with Gasteiger partial charge in [0.05, 0.1) is 23.2 Å².